The van der Waals surface area contributed by atoms with E-state index in [9.17, 15) is 0 Å². The van der Waals surface area contributed by atoms with Gasteiger partial charge in [0.15, 0.2) is 6.20 Å². The van der Waals surface area contributed by atoms with E-state index in [4.69, 9.17) is 4.42 Å². The second-order valence-corrected chi connectivity index (χ2v) is 9.03. The lowest BCUT2D eigenvalue weighted by molar-refractivity contribution is -0.642. The van der Waals surface area contributed by atoms with E-state index in [0.717, 1.165) is 17.1 Å². The summed E-state index contributed by atoms with van der Waals surface area (Å²) in [5.41, 5.74) is 7.25. The van der Waals surface area contributed by atoms with E-state index in [1.54, 1.807) is 0 Å². The predicted octanol–water partition coefficient (Wildman–Crippen LogP) is 6.10. The van der Waals surface area contributed by atoms with Crippen molar-refractivity contribution < 1.29 is 8.98 Å². The number of rotatable bonds is 2. The van der Waals surface area contributed by atoms with Gasteiger partial charge in [0.05, 0.1) is 16.3 Å². The largest absolute Gasteiger partial charge is 0.456 e. The van der Waals surface area contributed by atoms with Gasteiger partial charge in [-0.1, -0.05) is 31.7 Å². The molecule has 3 heteroatoms. The highest BCUT2D eigenvalue weighted by Crippen LogP contribution is 2.38. The number of fused-ring (bicyclic) bond motifs is 3. The van der Waals surface area contributed by atoms with Crippen LogP contribution in [-0.4, -0.2) is 4.57 Å². The molecule has 0 saturated heterocycles. The first-order valence-electron chi connectivity index (χ1n) is 10.8. The monoisotopic (exact) mass is 383 g/mol. The van der Waals surface area contributed by atoms with E-state index < -0.39 is 0 Å². The molecule has 0 aliphatic heterocycles. The van der Waals surface area contributed by atoms with Crippen molar-refractivity contribution >= 4 is 43.7 Å². The van der Waals surface area contributed by atoms with Crippen LogP contribution in [-0.2, 0) is 20.5 Å². The number of benzene rings is 2. The average Bonchev–Trinajstić information content (AvgIpc) is 3.34. The lowest BCUT2D eigenvalue weighted by Gasteiger charge is -2.16. The maximum Gasteiger partial charge on any atom is 0.216 e. The van der Waals surface area contributed by atoms with Crippen LogP contribution in [0.1, 0.15) is 36.8 Å². The lowest BCUT2D eigenvalue weighted by atomic mass is 9.94. The van der Waals surface area contributed by atoms with Gasteiger partial charge in [0, 0.05) is 30.3 Å². The first-order valence-corrected chi connectivity index (χ1v) is 10.8. The van der Waals surface area contributed by atoms with Crippen LogP contribution >= 0.6 is 0 Å². The molecule has 3 nitrogen and oxygen atoms in total. The number of pyridine rings is 1. The van der Waals surface area contributed by atoms with Crippen molar-refractivity contribution in [3.8, 4) is 0 Å². The summed E-state index contributed by atoms with van der Waals surface area (Å²) in [5, 5.41) is 5.00. The van der Waals surface area contributed by atoms with E-state index in [0.29, 0.717) is 0 Å². The summed E-state index contributed by atoms with van der Waals surface area (Å²) < 4.78 is 11.1. The minimum Gasteiger partial charge on any atom is -0.456 e. The summed E-state index contributed by atoms with van der Waals surface area (Å²) in [6, 6.07) is 11.3. The fourth-order valence-electron chi connectivity index (χ4n) is 5.73. The molecule has 1 aliphatic rings. The smallest absolute Gasteiger partial charge is 0.216 e. The molecule has 0 amide bonds. The van der Waals surface area contributed by atoms with Gasteiger partial charge >= 0.3 is 0 Å². The molecule has 1 saturated carbocycles. The molecule has 0 radical (unpaired) electrons. The second-order valence-electron chi connectivity index (χ2n) is 9.03. The molecule has 0 N–H and O–H groups in total. The predicted molar refractivity (Wildman–Crippen MR) is 119 cm³/mol. The van der Waals surface area contributed by atoms with Crippen molar-refractivity contribution in [2.45, 2.75) is 39.0 Å². The Balaban J connectivity index is 1.71. The molecular weight excluding hydrogens is 356 g/mol. The Labute approximate surface area is 170 Å². The quantitative estimate of drug-likeness (QED) is 0.205. The van der Waals surface area contributed by atoms with Gasteiger partial charge in [-0.2, -0.15) is 0 Å². The van der Waals surface area contributed by atoms with E-state index >= 15 is 0 Å². The summed E-state index contributed by atoms with van der Waals surface area (Å²) in [7, 11) is 4.27. The highest BCUT2D eigenvalue weighted by Gasteiger charge is 2.21. The lowest BCUT2D eigenvalue weighted by Crippen LogP contribution is -2.25. The molecule has 1 aliphatic carbocycles. The molecule has 5 aromatic rings. The van der Waals surface area contributed by atoms with Crippen molar-refractivity contribution in [2.24, 2.45) is 20.0 Å². The van der Waals surface area contributed by atoms with Crippen LogP contribution in [0.5, 0.6) is 0 Å². The molecule has 146 valence electrons. The van der Waals surface area contributed by atoms with Gasteiger partial charge in [0.1, 0.15) is 18.2 Å². The Bertz CT molecular complexity index is 1410. The van der Waals surface area contributed by atoms with Crippen LogP contribution in [0.4, 0.5) is 0 Å². The van der Waals surface area contributed by atoms with Crippen LogP contribution in [0.25, 0.3) is 43.7 Å². The summed E-state index contributed by atoms with van der Waals surface area (Å²) in [6.45, 7) is 2.23. The molecule has 0 spiro atoms. The molecule has 3 heterocycles. The summed E-state index contributed by atoms with van der Waals surface area (Å²) in [5.74, 6) is 0.834. The van der Waals surface area contributed by atoms with E-state index in [2.05, 4.69) is 72.9 Å². The minimum atomic E-state index is 0.834. The van der Waals surface area contributed by atoms with Gasteiger partial charge in [-0.3, -0.25) is 0 Å². The Morgan fingerprint density at radius 1 is 1.03 bits per heavy atom. The molecule has 1 fully saturated rings. The van der Waals surface area contributed by atoms with Crippen molar-refractivity contribution in [2.75, 3.05) is 0 Å². The molecule has 0 atom stereocenters. The highest BCUT2D eigenvalue weighted by molar-refractivity contribution is 6.18. The maximum absolute atomic E-state index is 6.59. The van der Waals surface area contributed by atoms with E-state index in [1.165, 1.54) is 75.8 Å². The van der Waals surface area contributed by atoms with Gasteiger partial charge in [0.2, 0.25) is 5.52 Å². The SMILES string of the molecule is Cc1c2c(cc3cc[n+](C)c13)oc1cc(CC3CCCC3)cc3ccn(C)c2c31. The molecule has 3 aromatic heterocycles. The number of aromatic nitrogens is 2. The normalized spacial score (nSPS) is 15.6. The minimum absolute atomic E-state index is 0.834. The zero-order valence-corrected chi connectivity index (χ0v) is 17.5. The van der Waals surface area contributed by atoms with Crippen molar-refractivity contribution in [1.82, 2.24) is 4.57 Å². The fourth-order valence-corrected chi connectivity index (χ4v) is 5.73. The molecular formula is C26H27N2O+. The van der Waals surface area contributed by atoms with Crippen molar-refractivity contribution in [3.63, 3.8) is 0 Å². The maximum atomic E-state index is 6.59. The fraction of sp³-hybridized carbons (Fsp3) is 0.346. The third-order valence-corrected chi connectivity index (χ3v) is 7.08. The molecule has 0 bridgehead atoms. The van der Waals surface area contributed by atoms with Crippen LogP contribution in [0.2, 0.25) is 0 Å². The van der Waals surface area contributed by atoms with Gasteiger partial charge in [-0.15, -0.1) is 0 Å². The molecule has 6 rings (SSSR count). The Morgan fingerprint density at radius 2 is 1.83 bits per heavy atom. The number of aryl methyl sites for hydroxylation is 3. The summed E-state index contributed by atoms with van der Waals surface area (Å²) in [6.07, 6.45) is 11.0. The topological polar surface area (TPSA) is 21.9 Å². The summed E-state index contributed by atoms with van der Waals surface area (Å²) >= 11 is 0. The molecule has 2 aromatic carbocycles. The van der Waals surface area contributed by atoms with Gasteiger partial charge in [-0.25, -0.2) is 4.57 Å². The highest BCUT2D eigenvalue weighted by atomic mass is 16.3. The van der Waals surface area contributed by atoms with Crippen molar-refractivity contribution in [3.05, 3.63) is 53.9 Å². The number of hydrogen-bond acceptors (Lipinski definition) is 1. The van der Waals surface area contributed by atoms with Crippen LogP contribution in [0, 0.1) is 12.8 Å². The average molecular weight is 384 g/mol. The third-order valence-electron chi connectivity index (χ3n) is 7.08. The Morgan fingerprint density at radius 3 is 2.66 bits per heavy atom. The number of hydrogen-bond donors (Lipinski definition) is 0. The Hall–Kier alpha value is -2.81. The van der Waals surface area contributed by atoms with Crippen molar-refractivity contribution in [1.29, 1.82) is 0 Å². The van der Waals surface area contributed by atoms with Crippen LogP contribution in [0.15, 0.2) is 47.1 Å². The standard InChI is InChI=1S/C26H27N2O/c1-16-23-22(15-20-9-11-27(2)25(16)20)29-21-14-18(12-17-6-4-5-7-17)13-19-8-10-28(3)26(23)24(19)21/h8-11,13-15,17H,4-7,12H2,1-3H3/q+1. The molecule has 0 unspecified atom stereocenters. The van der Waals surface area contributed by atoms with Crippen LogP contribution in [0.3, 0.4) is 0 Å². The van der Waals surface area contributed by atoms with Crippen LogP contribution < -0.4 is 4.57 Å². The van der Waals surface area contributed by atoms with Gasteiger partial charge < -0.3 is 8.98 Å². The molecule has 29 heavy (non-hydrogen) atoms. The zero-order valence-electron chi connectivity index (χ0n) is 17.5. The first kappa shape index (κ1) is 17.1. The zero-order chi connectivity index (χ0) is 19.7. The first-order chi connectivity index (χ1) is 14.1. The second kappa shape index (κ2) is 6.09. The third kappa shape index (κ3) is 2.46. The Kier molecular flexibility index (Phi) is 3.59. The van der Waals surface area contributed by atoms with E-state index in [1.807, 2.05) is 0 Å². The van der Waals surface area contributed by atoms with E-state index in [-0.39, 0.29) is 0 Å². The number of nitrogens with zero attached hydrogens (tertiary/aromatic N) is 2. The van der Waals surface area contributed by atoms with Gasteiger partial charge in [0.25, 0.3) is 0 Å². The summed E-state index contributed by atoms with van der Waals surface area (Å²) in [4.78, 5) is 0. The van der Waals surface area contributed by atoms with Gasteiger partial charge in [-0.05, 0) is 48.4 Å².